The van der Waals surface area contributed by atoms with Gasteiger partial charge in [-0.05, 0) is 17.8 Å². The van der Waals surface area contributed by atoms with Crippen LogP contribution in [0.3, 0.4) is 0 Å². The van der Waals surface area contributed by atoms with Gasteiger partial charge in [-0.3, -0.25) is 4.23 Å². The lowest BCUT2D eigenvalue weighted by Crippen LogP contribution is -2.45. The molecule has 52 valence electrons. The highest BCUT2D eigenvalue weighted by Gasteiger charge is 2.12. The van der Waals surface area contributed by atoms with Crippen LogP contribution < -0.4 is 4.23 Å². The van der Waals surface area contributed by atoms with Crippen molar-refractivity contribution >= 4 is 19.3 Å². The summed E-state index contributed by atoms with van der Waals surface area (Å²) in [5.41, 5.74) is 1.82. The van der Waals surface area contributed by atoms with Gasteiger partial charge in [-0.25, -0.2) is 0 Å². The average Bonchev–Trinajstić information content (AvgIpc) is 2.05. The van der Waals surface area contributed by atoms with E-state index in [0.29, 0.717) is 0 Å². The van der Waals surface area contributed by atoms with E-state index in [-0.39, 0.29) is 0 Å². The first-order valence-electron chi connectivity index (χ1n) is 3.07. The van der Waals surface area contributed by atoms with Crippen LogP contribution in [0, 0.1) is 0 Å². The van der Waals surface area contributed by atoms with Gasteiger partial charge in [0, 0.05) is 0 Å². The maximum Gasteiger partial charge on any atom is 0.473 e. The van der Waals surface area contributed by atoms with E-state index in [9.17, 15) is 0 Å². The van der Waals surface area contributed by atoms with Crippen LogP contribution in [0.15, 0.2) is 42.9 Å². The van der Waals surface area contributed by atoms with Crippen molar-refractivity contribution in [3.63, 3.8) is 0 Å². The van der Waals surface area contributed by atoms with Gasteiger partial charge in [0.15, 0.2) is 0 Å². The molecule has 1 aromatic heterocycles. The summed E-state index contributed by atoms with van der Waals surface area (Å²) in [5.74, 6) is 0. The summed E-state index contributed by atoms with van der Waals surface area (Å²) in [4.78, 5) is 0. The summed E-state index contributed by atoms with van der Waals surface area (Å²) < 4.78 is 2.01. The van der Waals surface area contributed by atoms with Gasteiger partial charge < -0.3 is 0 Å². The Hall–Kier alpha value is -0.603. The normalized spacial score (nSPS) is 12.5. The molecule has 0 radical (unpaired) electrons. The topological polar surface area (TPSA) is 3.88 Å². The largest absolute Gasteiger partial charge is 0.473 e. The van der Waals surface area contributed by atoms with E-state index < -0.39 is 8.27 Å². The molecule has 1 rings (SSSR count). The summed E-state index contributed by atoms with van der Waals surface area (Å²) in [5, 5.41) is 0. The molecule has 0 aliphatic rings. The minimum Gasteiger partial charge on any atom is -0.266 e. The van der Waals surface area contributed by atoms with Gasteiger partial charge in [0.1, 0.15) is 12.4 Å². The fraction of sp³-hybridized carbons (Fsp3) is 0. The van der Waals surface area contributed by atoms with E-state index in [0.717, 1.165) is 0 Å². The predicted molar refractivity (Wildman–Crippen MR) is 45.2 cm³/mol. The van der Waals surface area contributed by atoms with Crippen LogP contribution in [0.2, 0.25) is 0 Å². The molecule has 1 heterocycles. The molecule has 0 saturated carbocycles. The Morgan fingerprint density at radius 2 is 1.90 bits per heavy atom. The monoisotopic (exact) mass is 170 g/mol. The van der Waals surface area contributed by atoms with Crippen LogP contribution in [-0.2, 0) is 0 Å². The second kappa shape index (κ2) is 3.54. The van der Waals surface area contributed by atoms with Crippen LogP contribution in [-0.4, -0.2) is 8.27 Å². The number of rotatable bonds is 2. The molecule has 0 aliphatic heterocycles. The maximum absolute atomic E-state index is 5.97. The summed E-state index contributed by atoms with van der Waals surface area (Å²) in [6.07, 6.45) is 3.93. The number of nitrogens with zero attached hydrogens (tertiary/aromatic N) is 1. The van der Waals surface area contributed by atoms with Crippen molar-refractivity contribution in [3.05, 3.63) is 42.9 Å². The minimum atomic E-state index is -1.39. The van der Waals surface area contributed by atoms with Crippen molar-refractivity contribution in [3.8, 4) is 0 Å². The lowest BCUT2D eigenvalue weighted by atomic mass is 10.5. The number of hydrogen-bond donors (Lipinski definition) is 0. The van der Waals surface area contributed by atoms with Crippen molar-refractivity contribution in [1.82, 2.24) is 0 Å². The van der Waals surface area contributed by atoms with Crippen LogP contribution >= 0.6 is 11.1 Å². The first-order chi connectivity index (χ1) is 4.84. The molecule has 0 aliphatic carbocycles. The molecule has 0 spiro atoms. The maximum atomic E-state index is 5.97. The van der Waals surface area contributed by atoms with Gasteiger partial charge in [0.2, 0.25) is 0 Å². The third-order valence-electron chi connectivity index (χ3n) is 1.22. The van der Waals surface area contributed by atoms with E-state index in [2.05, 4.69) is 6.58 Å². The van der Waals surface area contributed by atoms with Crippen molar-refractivity contribution in [2.75, 3.05) is 0 Å². The zero-order valence-corrected chi connectivity index (χ0v) is 7.48. The Labute approximate surface area is 67.0 Å². The number of pyridine rings is 1. The highest BCUT2D eigenvalue weighted by molar-refractivity contribution is 7.04. The van der Waals surface area contributed by atoms with Gasteiger partial charge in [0.05, 0.1) is 0 Å². The molecule has 1 atom stereocenters. The summed E-state index contributed by atoms with van der Waals surface area (Å²) in [6.45, 7) is 3.65. The fourth-order valence-corrected chi connectivity index (χ4v) is 1.86. The Kier molecular flexibility index (Phi) is 2.65. The van der Waals surface area contributed by atoms with Gasteiger partial charge in [-0.15, -0.1) is 0 Å². The van der Waals surface area contributed by atoms with Gasteiger partial charge in [0.25, 0.3) is 0 Å². The number of aromatic nitrogens is 1. The van der Waals surface area contributed by atoms with E-state index in [1.54, 1.807) is 0 Å². The number of halogens is 1. The summed E-state index contributed by atoms with van der Waals surface area (Å²) in [6, 6.07) is 5.90. The molecule has 0 bridgehead atoms. The fourth-order valence-electron chi connectivity index (χ4n) is 0.698. The van der Waals surface area contributed by atoms with E-state index in [4.69, 9.17) is 11.1 Å². The molecule has 0 amide bonds. The van der Waals surface area contributed by atoms with Gasteiger partial charge >= 0.3 is 8.27 Å². The van der Waals surface area contributed by atoms with Gasteiger partial charge in [-0.1, -0.05) is 23.7 Å². The van der Waals surface area contributed by atoms with Crippen LogP contribution in [0.1, 0.15) is 0 Å². The highest BCUT2D eigenvalue weighted by Crippen LogP contribution is 1.85. The second-order valence-corrected chi connectivity index (χ2v) is 5.09. The standard InChI is InChI=1S/C7H9ClNSi/c1-2-10(8)9-6-4-3-5-7-9/h2-7,10H,1H2/q+1. The lowest BCUT2D eigenvalue weighted by Gasteiger charge is -1.93. The third-order valence-corrected chi connectivity index (χ3v) is 3.73. The predicted octanol–water partition coefficient (Wildman–Crippen LogP) is 1.01. The Morgan fingerprint density at radius 3 is 2.40 bits per heavy atom. The van der Waals surface area contributed by atoms with E-state index in [1.807, 2.05) is 40.5 Å². The molecule has 1 unspecified atom stereocenters. The molecule has 1 nitrogen and oxygen atoms in total. The molecule has 10 heavy (non-hydrogen) atoms. The number of hydrogen-bond acceptors (Lipinski definition) is 0. The Morgan fingerprint density at radius 1 is 1.30 bits per heavy atom. The molecule has 0 N–H and O–H groups in total. The third kappa shape index (κ3) is 1.69. The van der Waals surface area contributed by atoms with E-state index in [1.165, 1.54) is 0 Å². The van der Waals surface area contributed by atoms with Crippen molar-refractivity contribution in [1.29, 1.82) is 0 Å². The molecule has 0 saturated heterocycles. The lowest BCUT2D eigenvalue weighted by molar-refractivity contribution is -0.531. The first-order valence-corrected chi connectivity index (χ1v) is 6.00. The van der Waals surface area contributed by atoms with E-state index >= 15 is 0 Å². The Balaban J connectivity index is 2.84. The summed E-state index contributed by atoms with van der Waals surface area (Å²) in [7, 11) is -1.39. The van der Waals surface area contributed by atoms with Crippen molar-refractivity contribution in [2.24, 2.45) is 0 Å². The van der Waals surface area contributed by atoms with Gasteiger partial charge in [-0.2, -0.15) is 0 Å². The first kappa shape index (κ1) is 7.50. The average molecular weight is 171 g/mol. The smallest absolute Gasteiger partial charge is 0.266 e. The molecular weight excluding hydrogens is 162 g/mol. The van der Waals surface area contributed by atoms with Crippen LogP contribution in [0.4, 0.5) is 0 Å². The molecule has 1 aromatic rings. The minimum absolute atomic E-state index is 1.39. The molecule has 3 heteroatoms. The Bertz CT molecular complexity index is 212. The van der Waals surface area contributed by atoms with Crippen LogP contribution in [0.25, 0.3) is 0 Å². The van der Waals surface area contributed by atoms with Crippen LogP contribution in [0.5, 0.6) is 0 Å². The zero-order chi connectivity index (χ0) is 7.40. The summed E-state index contributed by atoms with van der Waals surface area (Å²) >= 11 is 5.97. The SMILES string of the molecule is C=C[SiH](Cl)[n+]1ccccc1. The quantitative estimate of drug-likeness (QED) is 0.461. The zero-order valence-electron chi connectivity index (χ0n) is 5.57. The van der Waals surface area contributed by atoms with Crippen molar-refractivity contribution in [2.45, 2.75) is 0 Å². The van der Waals surface area contributed by atoms with Crippen molar-refractivity contribution < 1.29 is 4.23 Å². The second-order valence-electron chi connectivity index (χ2n) is 1.93. The molecule has 0 aromatic carbocycles. The highest BCUT2D eigenvalue weighted by atomic mass is 35.6. The molecular formula is C7H9ClNSi+. The molecule has 0 fully saturated rings.